The molecule has 0 fully saturated rings. The highest BCUT2D eigenvalue weighted by Gasteiger charge is 2.18. The van der Waals surface area contributed by atoms with Crippen molar-refractivity contribution in [1.29, 1.82) is 0 Å². The van der Waals surface area contributed by atoms with Crippen molar-refractivity contribution in [3.05, 3.63) is 34.4 Å². The lowest BCUT2D eigenvalue weighted by Gasteiger charge is -2.05. The maximum Gasteiger partial charge on any atom is 0.320 e. The average Bonchev–Trinajstić information content (AvgIpc) is 2.36. The number of esters is 1. The molecule has 0 radical (unpaired) electrons. The predicted molar refractivity (Wildman–Crippen MR) is 60.3 cm³/mol. The van der Waals surface area contributed by atoms with Crippen LogP contribution in [0.1, 0.15) is 0 Å². The summed E-state index contributed by atoms with van der Waals surface area (Å²) in [5.41, 5.74) is -0.351. The molecule has 0 aliphatic carbocycles. The fourth-order valence-corrected chi connectivity index (χ4v) is 2.08. The summed E-state index contributed by atoms with van der Waals surface area (Å²) in [6.45, 7) is -0.540. The van der Waals surface area contributed by atoms with Crippen molar-refractivity contribution in [2.75, 3.05) is 13.7 Å². The summed E-state index contributed by atoms with van der Waals surface area (Å²) >= 11 is 0. The van der Waals surface area contributed by atoms with Crippen molar-refractivity contribution in [1.82, 2.24) is 4.72 Å². The van der Waals surface area contributed by atoms with E-state index in [1.54, 1.807) is 0 Å². The number of nitro groups is 1. The summed E-state index contributed by atoms with van der Waals surface area (Å²) in [5.74, 6) is -0.760. The Labute approximate surface area is 103 Å². The summed E-state index contributed by atoms with van der Waals surface area (Å²) in [6, 6.07) is 4.50. The van der Waals surface area contributed by atoms with Gasteiger partial charge in [0.05, 0.1) is 16.9 Å². The van der Waals surface area contributed by atoms with Crippen molar-refractivity contribution in [2.24, 2.45) is 0 Å². The van der Waals surface area contributed by atoms with E-state index in [1.807, 2.05) is 4.72 Å². The fourth-order valence-electron chi connectivity index (χ4n) is 1.07. The third-order valence-electron chi connectivity index (χ3n) is 1.97. The molecule has 9 heteroatoms. The minimum absolute atomic E-state index is 0.291. The molecule has 18 heavy (non-hydrogen) atoms. The zero-order chi connectivity index (χ0) is 13.8. The highest BCUT2D eigenvalue weighted by atomic mass is 32.2. The molecule has 0 spiro atoms. The Morgan fingerprint density at radius 1 is 1.50 bits per heavy atom. The van der Waals surface area contributed by atoms with Crippen LogP contribution in [0.25, 0.3) is 0 Å². The van der Waals surface area contributed by atoms with Gasteiger partial charge >= 0.3 is 5.97 Å². The fraction of sp³-hybridized carbons (Fsp3) is 0.222. The summed E-state index contributed by atoms with van der Waals surface area (Å²) in [5, 5.41) is 10.5. The highest BCUT2D eigenvalue weighted by molar-refractivity contribution is 7.89. The average molecular weight is 274 g/mol. The Hall–Kier alpha value is -2.00. The van der Waals surface area contributed by atoms with Crippen LogP contribution in [0.5, 0.6) is 0 Å². The van der Waals surface area contributed by atoms with Crippen LogP contribution in [0.4, 0.5) is 5.69 Å². The number of sulfonamides is 1. The van der Waals surface area contributed by atoms with Crippen LogP contribution < -0.4 is 4.72 Å². The summed E-state index contributed by atoms with van der Waals surface area (Å²) < 4.78 is 29.6. The van der Waals surface area contributed by atoms with Gasteiger partial charge in [-0.2, -0.15) is 4.72 Å². The molecular weight excluding hydrogens is 264 g/mol. The summed E-state index contributed by atoms with van der Waals surface area (Å²) in [6.07, 6.45) is 0. The van der Waals surface area contributed by atoms with E-state index in [1.165, 1.54) is 18.2 Å². The van der Waals surface area contributed by atoms with Crippen molar-refractivity contribution < 1.29 is 22.9 Å². The summed E-state index contributed by atoms with van der Waals surface area (Å²) in [4.78, 5) is 20.3. The third-order valence-corrected chi connectivity index (χ3v) is 3.37. The lowest BCUT2D eigenvalue weighted by molar-refractivity contribution is -0.385. The normalized spacial score (nSPS) is 10.9. The van der Waals surface area contributed by atoms with Gasteiger partial charge in [-0.3, -0.25) is 14.9 Å². The maximum absolute atomic E-state index is 11.7. The quantitative estimate of drug-likeness (QED) is 0.460. The van der Waals surface area contributed by atoms with Crippen LogP contribution in [0.2, 0.25) is 0 Å². The first kappa shape index (κ1) is 14.1. The van der Waals surface area contributed by atoms with E-state index in [0.29, 0.717) is 0 Å². The Morgan fingerprint density at radius 3 is 2.72 bits per heavy atom. The number of nitro benzene ring substituents is 1. The molecule has 0 atom stereocenters. The number of nitrogens with zero attached hydrogens (tertiary/aromatic N) is 1. The van der Waals surface area contributed by atoms with Gasteiger partial charge in [-0.25, -0.2) is 8.42 Å². The van der Waals surface area contributed by atoms with Gasteiger partial charge in [-0.1, -0.05) is 6.07 Å². The van der Waals surface area contributed by atoms with E-state index in [-0.39, 0.29) is 10.6 Å². The molecule has 1 aromatic rings. The van der Waals surface area contributed by atoms with Gasteiger partial charge in [0.25, 0.3) is 5.69 Å². The van der Waals surface area contributed by atoms with Gasteiger partial charge in [-0.15, -0.1) is 0 Å². The minimum Gasteiger partial charge on any atom is -0.468 e. The van der Waals surface area contributed by atoms with E-state index in [9.17, 15) is 23.3 Å². The zero-order valence-electron chi connectivity index (χ0n) is 9.32. The number of hydrogen-bond donors (Lipinski definition) is 1. The Morgan fingerprint density at radius 2 is 2.17 bits per heavy atom. The first-order chi connectivity index (χ1) is 8.36. The van der Waals surface area contributed by atoms with E-state index in [4.69, 9.17) is 0 Å². The maximum atomic E-state index is 11.7. The molecule has 0 heterocycles. The van der Waals surface area contributed by atoms with E-state index in [0.717, 1.165) is 13.2 Å². The number of ether oxygens (including phenoxy) is 1. The molecule has 0 amide bonds. The van der Waals surface area contributed by atoms with Crippen molar-refractivity contribution in [3.63, 3.8) is 0 Å². The molecule has 1 rings (SSSR count). The molecule has 0 bridgehead atoms. The Balaban J connectivity index is 2.95. The standard InChI is InChI=1S/C9H10N2O6S/c1-17-9(12)6-10-18(15,16)8-4-2-3-7(5-8)11(13)14/h2-5,10H,6H2,1H3. The number of non-ortho nitro benzene ring substituents is 1. The number of rotatable bonds is 5. The van der Waals surface area contributed by atoms with Crippen LogP contribution in [-0.4, -0.2) is 33.0 Å². The highest BCUT2D eigenvalue weighted by Crippen LogP contribution is 2.16. The van der Waals surface area contributed by atoms with Gasteiger partial charge < -0.3 is 4.74 Å². The van der Waals surface area contributed by atoms with E-state index in [2.05, 4.69) is 4.74 Å². The number of hydrogen-bond acceptors (Lipinski definition) is 6. The van der Waals surface area contributed by atoms with Gasteiger partial charge in [0.15, 0.2) is 0 Å². The first-order valence-electron chi connectivity index (χ1n) is 4.68. The number of nitrogens with one attached hydrogen (secondary N) is 1. The largest absolute Gasteiger partial charge is 0.468 e. The van der Waals surface area contributed by atoms with Gasteiger partial charge in [0.1, 0.15) is 6.54 Å². The molecule has 0 unspecified atom stereocenters. The molecule has 0 saturated heterocycles. The predicted octanol–water partition coefficient (Wildman–Crippen LogP) is 0.0461. The number of carbonyl (C=O) groups excluding carboxylic acids is 1. The number of benzene rings is 1. The van der Waals surface area contributed by atoms with Crippen molar-refractivity contribution in [2.45, 2.75) is 4.90 Å². The Kier molecular flexibility index (Phi) is 4.34. The molecule has 98 valence electrons. The lowest BCUT2D eigenvalue weighted by atomic mass is 10.3. The van der Waals surface area contributed by atoms with Crippen LogP contribution in [-0.2, 0) is 19.6 Å². The van der Waals surface area contributed by atoms with Crippen molar-refractivity contribution >= 4 is 21.7 Å². The van der Waals surface area contributed by atoms with Crippen LogP contribution in [0.15, 0.2) is 29.2 Å². The number of methoxy groups -OCH3 is 1. The SMILES string of the molecule is COC(=O)CNS(=O)(=O)c1cccc([N+](=O)[O-])c1. The van der Waals surface area contributed by atoms with Crippen molar-refractivity contribution in [3.8, 4) is 0 Å². The molecule has 1 aromatic carbocycles. The third kappa shape index (κ3) is 3.50. The molecule has 8 nitrogen and oxygen atoms in total. The zero-order valence-corrected chi connectivity index (χ0v) is 10.1. The van der Waals surface area contributed by atoms with Gasteiger partial charge in [0.2, 0.25) is 10.0 Å². The van der Waals surface area contributed by atoms with E-state index >= 15 is 0 Å². The first-order valence-corrected chi connectivity index (χ1v) is 6.16. The van der Waals surface area contributed by atoms with Gasteiger partial charge in [-0.05, 0) is 6.07 Å². The van der Waals surface area contributed by atoms with Crippen LogP contribution >= 0.6 is 0 Å². The van der Waals surface area contributed by atoms with Gasteiger partial charge in [0, 0.05) is 12.1 Å². The molecular formula is C9H10N2O6S. The minimum atomic E-state index is -3.98. The topological polar surface area (TPSA) is 116 Å². The van der Waals surface area contributed by atoms with E-state index < -0.39 is 27.5 Å². The lowest BCUT2D eigenvalue weighted by Crippen LogP contribution is -2.30. The molecule has 0 aliphatic rings. The second-order valence-corrected chi connectivity index (χ2v) is 4.92. The smallest absolute Gasteiger partial charge is 0.320 e. The molecule has 0 aliphatic heterocycles. The second kappa shape index (κ2) is 5.56. The molecule has 1 N–H and O–H groups in total. The molecule has 0 aromatic heterocycles. The monoisotopic (exact) mass is 274 g/mol. The second-order valence-electron chi connectivity index (χ2n) is 3.16. The summed E-state index contributed by atoms with van der Waals surface area (Å²) in [7, 11) is -2.86. The Bertz CT molecular complexity index is 568. The van der Waals surface area contributed by atoms with Crippen LogP contribution in [0.3, 0.4) is 0 Å². The number of carbonyl (C=O) groups is 1. The molecule has 0 saturated carbocycles. The van der Waals surface area contributed by atoms with Crippen LogP contribution in [0, 0.1) is 10.1 Å².